The second-order valence-electron chi connectivity index (χ2n) is 9.04. The largest absolute Gasteiger partial charge is 0.493 e. The van der Waals surface area contributed by atoms with Crippen LogP contribution in [0.3, 0.4) is 0 Å². The number of carbonyl (C=O) groups is 3. The highest BCUT2D eigenvalue weighted by Gasteiger charge is 2.15. The smallest absolute Gasteiger partial charge is 0.329 e. The highest BCUT2D eigenvalue weighted by molar-refractivity contribution is 6.35. The lowest BCUT2D eigenvalue weighted by Gasteiger charge is -2.14. The van der Waals surface area contributed by atoms with Crippen molar-refractivity contribution < 1.29 is 33.3 Å². The van der Waals surface area contributed by atoms with E-state index in [-0.39, 0.29) is 35.6 Å². The highest BCUT2D eigenvalue weighted by Crippen LogP contribution is 2.36. The number of aryl methyl sites for hydroxylation is 1. The topological polar surface area (TPSA) is 137 Å². The molecule has 12 heteroatoms. The molecule has 0 aliphatic heterocycles. The molecule has 3 aromatic rings. The lowest BCUT2D eigenvalue weighted by molar-refractivity contribution is -0.139. The first kappa shape index (κ1) is 32.7. The van der Waals surface area contributed by atoms with Gasteiger partial charge in [-0.25, -0.2) is 5.43 Å². The van der Waals surface area contributed by atoms with E-state index in [1.54, 1.807) is 32.2 Å². The Labute approximate surface area is 255 Å². The fourth-order valence-electron chi connectivity index (χ4n) is 3.88. The van der Waals surface area contributed by atoms with E-state index < -0.39 is 11.8 Å². The number of nitrogens with zero attached hydrogens (tertiary/aromatic N) is 1. The van der Waals surface area contributed by atoms with Crippen molar-refractivity contribution in [3.8, 4) is 23.0 Å². The third kappa shape index (κ3) is 9.93. The molecule has 228 valence electrons. The maximum Gasteiger partial charge on any atom is 0.329 e. The van der Waals surface area contributed by atoms with Crippen molar-refractivity contribution in [1.29, 1.82) is 0 Å². The van der Waals surface area contributed by atoms with Crippen LogP contribution in [0.4, 0.5) is 5.69 Å². The molecule has 0 saturated heterocycles. The van der Waals surface area contributed by atoms with Gasteiger partial charge in [-0.2, -0.15) is 5.10 Å². The molecule has 3 N–H and O–H groups in total. The van der Waals surface area contributed by atoms with E-state index in [4.69, 9.17) is 30.5 Å². The van der Waals surface area contributed by atoms with Gasteiger partial charge in [-0.05, 0) is 72.9 Å². The fraction of sp³-hybridized carbons (Fsp3) is 0.290. The van der Waals surface area contributed by atoms with Gasteiger partial charge in [-0.15, -0.1) is 0 Å². The number of hydrazone groups is 1. The summed E-state index contributed by atoms with van der Waals surface area (Å²) in [5.74, 6) is -0.488. The van der Waals surface area contributed by atoms with Crippen LogP contribution in [0.5, 0.6) is 23.0 Å². The maximum absolute atomic E-state index is 12.4. The maximum atomic E-state index is 12.4. The van der Waals surface area contributed by atoms with Gasteiger partial charge in [0.25, 0.3) is 5.91 Å². The van der Waals surface area contributed by atoms with Gasteiger partial charge in [-0.3, -0.25) is 14.4 Å². The molecule has 0 heterocycles. The molecule has 0 unspecified atom stereocenters. The molecule has 0 bridgehead atoms. The zero-order chi connectivity index (χ0) is 31.2. The van der Waals surface area contributed by atoms with Gasteiger partial charge in [0.05, 0.1) is 32.1 Å². The summed E-state index contributed by atoms with van der Waals surface area (Å²) in [5.41, 5.74) is 5.37. The summed E-state index contributed by atoms with van der Waals surface area (Å²) in [6, 6.07) is 16.1. The minimum atomic E-state index is -0.935. The molecule has 0 saturated carbocycles. The molecule has 0 aromatic heterocycles. The van der Waals surface area contributed by atoms with Crippen molar-refractivity contribution in [1.82, 2.24) is 10.7 Å². The third-order valence-corrected chi connectivity index (χ3v) is 6.34. The molecular weight excluding hydrogens is 576 g/mol. The molecule has 0 aliphatic rings. The molecule has 3 aromatic carbocycles. The predicted octanol–water partition coefficient (Wildman–Crippen LogP) is 4.14. The Morgan fingerprint density at radius 1 is 0.860 bits per heavy atom. The molecule has 11 nitrogen and oxygen atoms in total. The van der Waals surface area contributed by atoms with Crippen LogP contribution in [0.2, 0.25) is 5.02 Å². The predicted molar refractivity (Wildman–Crippen MR) is 165 cm³/mol. The van der Waals surface area contributed by atoms with Crippen LogP contribution >= 0.6 is 11.6 Å². The summed E-state index contributed by atoms with van der Waals surface area (Å²) in [6.45, 7) is 4.08. The van der Waals surface area contributed by atoms with E-state index >= 15 is 0 Å². The molecule has 0 atom stereocenters. The van der Waals surface area contributed by atoms with Crippen LogP contribution in [0.15, 0.2) is 59.7 Å². The Kier molecular flexibility index (Phi) is 12.7. The number of hydrogen-bond acceptors (Lipinski definition) is 8. The molecule has 0 fully saturated rings. The zero-order valence-corrected chi connectivity index (χ0v) is 25.2. The fourth-order valence-corrected chi connectivity index (χ4v) is 4.15. The average Bonchev–Trinajstić information content (AvgIpc) is 3.00. The normalized spacial score (nSPS) is 10.6. The van der Waals surface area contributed by atoms with E-state index in [1.807, 2.05) is 30.3 Å². The first-order valence-corrected chi connectivity index (χ1v) is 14.0. The molecule has 3 amide bonds. The number of amides is 3. The van der Waals surface area contributed by atoms with E-state index in [9.17, 15) is 14.4 Å². The number of hydrogen-bond donors (Lipinski definition) is 3. The van der Waals surface area contributed by atoms with Crippen molar-refractivity contribution in [3.05, 3.63) is 76.3 Å². The van der Waals surface area contributed by atoms with E-state index in [0.29, 0.717) is 35.8 Å². The second-order valence-corrected chi connectivity index (χ2v) is 9.45. The summed E-state index contributed by atoms with van der Waals surface area (Å²) in [4.78, 5) is 36.8. The van der Waals surface area contributed by atoms with Crippen LogP contribution < -0.4 is 35.0 Å². The van der Waals surface area contributed by atoms with Gasteiger partial charge < -0.3 is 29.6 Å². The lowest BCUT2D eigenvalue weighted by atomic mass is 10.1. The van der Waals surface area contributed by atoms with Crippen LogP contribution in [-0.2, 0) is 27.2 Å². The number of halogens is 1. The number of anilines is 1. The Bertz CT molecular complexity index is 1440. The van der Waals surface area contributed by atoms with Gasteiger partial charge in [0, 0.05) is 12.2 Å². The van der Waals surface area contributed by atoms with Crippen LogP contribution in [0, 0.1) is 0 Å². The SMILES string of the molecule is CCOc1cc(/C=N\NC(=O)C(=O)NCCc2ccc(OC)c(OC)c2)cc(Cl)c1OCC(=O)Nc1ccc(CC)cc1. The van der Waals surface area contributed by atoms with Crippen LogP contribution in [0.1, 0.15) is 30.5 Å². The van der Waals surface area contributed by atoms with Crippen molar-refractivity contribution in [2.24, 2.45) is 5.10 Å². The van der Waals surface area contributed by atoms with Crippen LogP contribution in [-0.4, -0.2) is 57.9 Å². The van der Waals surface area contributed by atoms with E-state index in [1.165, 1.54) is 19.4 Å². The number of methoxy groups -OCH3 is 2. The van der Waals surface area contributed by atoms with Gasteiger partial charge >= 0.3 is 11.8 Å². The lowest BCUT2D eigenvalue weighted by Crippen LogP contribution is -2.38. The minimum Gasteiger partial charge on any atom is -0.493 e. The van der Waals surface area contributed by atoms with E-state index in [0.717, 1.165) is 17.5 Å². The quantitative estimate of drug-likeness (QED) is 0.142. The standard InChI is InChI=1S/C31H35ClN4O7/c1-5-20-7-10-23(11-8-20)35-28(37)19-43-29-24(32)15-22(17-27(29)42-6-2)18-34-36-31(39)30(38)33-14-13-21-9-12-25(40-3)26(16-21)41-4/h7-12,15-18H,5-6,13-14,19H2,1-4H3,(H,33,38)(H,35,37)(H,36,39)/b34-18-. The first-order chi connectivity index (χ1) is 20.8. The minimum absolute atomic E-state index is 0.173. The van der Waals surface area contributed by atoms with Crippen LogP contribution in [0.25, 0.3) is 0 Å². The van der Waals surface area contributed by atoms with Gasteiger partial charge in [0.1, 0.15) is 0 Å². The number of rotatable bonds is 14. The monoisotopic (exact) mass is 610 g/mol. The van der Waals surface area contributed by atoms with Gasteiger partial charge in [0.2, 0.25) is 0 Å². The van der Waals surface area contributed by atoms with Crippen molar-refractivity contribution in [2.75, 3.05) is 39.3 Å². The Balaban J connectivity index is 1.52. The molecule has 0 aliphatic carbocycles. The highest BCUT2D eigenvalue weighted by atomic mass is 35.5. The van der Waals surface area contributed by atoms with E-state index in [2.05, 4.69) is 28.1 Å². The second kappa shape index (κ2) is 16.6. The zero-order valence-electron chi connectivity index (χ0n) is 24.5. The summed E-state index contributed by atoms with van der Waals surface area (Å²) in [7, 11) is 3.09. The number of benzene rings is 3. The molecule has 3 rings (SSSR count). The van der Waals surface area contributed by atoms with Gasteiger partial charge in [-0.1, -0.05) is 36.7 Å². The third-order valence-electron chi connectivity index (χ3n) is 6.06. The number of carbonyl (C=O) groups excluding carboxylic acids is 3. The molecule has 0 spiro atoms. The number of ether oxygens (including phenoxy) is 4. The summed E-state index contributed by atoms with van der Waals surface area (Å²) in [5, 5.41) is 9.33. The van der Waals surface area contributed by atoms with Crippen molar-refractivity contribution in [2.45, 2.75) is 26.7 Å². The molecule has 0 radical (unpaired) electrons. The Morgan fingerprint density at radius 3 is 2.26 bits per heavy atom. The molecule has 43 heavy (non-hydrogen) atoms. The summed E-state index contributed by atoms with van der Waals surface area (Å²) < 4.78 is 21.8. The average molecular weight is 611 g/mol. The summed E-state index contributed by atoms with van der Waals surface area (Å²) in [6.07, 6.45) is 2.68. The molecular formula is C31H35ClN4O7. The van der Waals surface area contributed by atoms with Crippen molar-refractivity contribution >= 4 is 41.2 Å². The van der Waals surface area contributed by atoms with Gasteiger partial charge in [0.15, 0.2) is 29.6 Å². The Hall–Kier alpha value is -4.77. The summed E-state index contributed by atoms with van der Waals surface area (Å²) >= 11 is 6.42. The van der Waals surface area contributed by atoms with Crippen molar-refractivity contribution in [3.63, 3.8) is 0 Å². The number of nitrogens with one attached hydrogen (secondary N) is 3. The first-order valence-electron chi connectivity index (χ1n) is 13.6. The Morgan fingerprint density at radius 2 is 1.58 bits per heavy atom.